The third-order valence-corrected chi connectivity index (χ3v) is 7.41. The summed E-state index contributed by atoms with van der Waals surface area (Å²) in [6, 6.07) is 29.4. The zero-order valence-electron chi connectivity index (χ0n) is 19.9. The van der Waals surface area contributed by atoms with Gasteiger partial charge < -0.3 is 9.55 Å². The maximum absolute atomic E-state index is 6.30. The summed E-state index contributed by atoms with van der Waals surface area (Å²) >= 11 is 0. The molecule has 7 rings (SSSR count). The Kier molecular flexibility index (Phi) is 4.82. The van der Waals surface area contributed by atoms with Crippen molar-refractivity contribution in [1.82, 2.24) is 9.55 Å². The number of H-pyrrole nitrogens is 1. The summed E-state index contributed by atoms with van der Waals surface area (Å²) in [5.41, 5.74) is 8.26. The van der Waals surface area contributed by atoms with Gasteiger partial charge in [-0.15, -0.1) is 16.4 Å². The molecule has 0 bridgehead atoms. The highest BCUT2D eigenvalue weighted by atomic mass is 15.0. The number of nitrogens with one attached hydrogen (secondary N) is 1. The van der Waals surface area contributed by atoms with Crippen molar-refractivity contribution in [3.63, 3.8) is 0 Å². The van der Waals surface area contributed by atoms with Crippen LogP contribution in [0.2, 0.25) is 0 Å². The number of aromatic nitrogens is 2. The van der Waals surface area contributed by atoms with E-state index in [9.17, 15) is 0 Å². The summed E-state index contributed by atoms with van der Waals surface area (Å²) in [6.07, 6.45) is 0. The van der Waals surface area contributed by atoms with E-state index in [0.29, 0.717) is 16.5 Å². The molecule has 0 unspecified atom stereocenters. The van der Waals surface area contributed by atoms with Crippen LogP contribution in [0.1, 0.15) is 0 Å². The predicted molar refractivity (Wildman–Crippen MR) is 163 cm³/mol. The first kappa shape index (κ1) is 22.2. The van der Waals surface area contributed by atoms with E-state index < -0.39 is 0 Å². The SMILES string of the molecule is [B]c1c([B])c([B])c(-c2ccc(-n3c4ccccc4c4cc5c(cc43)[nH]c3ccccc35)cc2)c([B])c1[B]. The summed E-state index contributed by atoms with van der Waals surface area (Å²) in [4.78, 5) is 3.58. The first-order valence-corrected chi connectivity index (χ1v) is 12.0. The Morgan fingerprint density at radius 1 is 0.486 bits per heavy atom. The topological polar surface area (TPSA) is 20.7 Å². The van der Waals surface area contributed by atoms with E-state index in [1.165, 1.54) is 21.5 Å². The molecule has 0 saturated carbocycles. The van der Waals surface area contributed by atoms with E-state index in [2.05, 4.69) is 82.3 Å². The molecule has 0 spiro atoms. The zero-order chi connectivity index (χ0) is 25.4. The maximum atomic E-state index is 6.30. The van der Waals surface area contributed by atoms with Gasteiger partial charge in [-0.2, -0.15) is 0 Å². The molecule has 0 saturated heterocycles. The molecule has 5 aromatic carbocycles. The smallest absolute Gasteiger partial charge is 0.113 e. The molecule has 0 aliphatic rings. The van der Waals surface area contributed by atoms with Crippen LogP contribution in [0.25, 0.3) is 60.4 Å². The van der Waals surface area contributed by atoms with E-state index in [1.54, 1.807) is 0 Å². The van der Waals surface area contributed by atoms with Crippen LogP contribution in [0.5, 0.6) is 0 Å². The van der Waals surface area contributed by atoms with Crippen LogP contribution in [0, 0.1) is 0 Å². The van der Waals surface area contributed by atoms with Crippen molar-refractivity contribution in [2.24, 2.45) is 0 Å². The fraction of sp³-hybridized carbons (Fsp3) is 0. The van der Waals surface area contributed by atoms with Gasteiger partial charge in [-0.1, -0.05) is 59.5 Å². The van der Waals surface area contributed by atoms with E-state index in [0.717, 1.165) is 33.3 Å². The first-order valence-electron chi connectivity index (χ1n) is 12.0. The number of benzene rings is 5. The highest BCUT2D eigenvalue weighted by molar-refractivity contribution is 6.68. The van der Waals surface area contributed by atoms with Gasteiger partial charge in [0.1, 0.15) is 39.2 Å². The van der Waals surface area contributed by atoms with Crippen LogP contribution in [0.4, 0.5) is 0 Å². The molecule has 0 atom stereocenters. The Bertz CT molecular complexity index is 2010. The zero-order valence-corrected chi connectivity index (χ0v) is 19.9. The maximum Gasteiger partial charge on any atom is 0.113 e. The van der Waals surface area contributed by atoms with Crippen molar-refractivity contribution in [2.75, 3.05) is 0 Å². The molecular formula is C30H15B5N2. The second-order valence-corrected chi connectivity index (χ2v) is 9.43. The van der Waals surface area contributed by atoms with E-state index in [1.807, 2.05) is 12.1 Å². The minimum atomic E-state index is 0.212. The van der Waals surface area contributed by atoms with E-state index >= 15 is 0 Å². The number of nitrogens with zero attached hydrogens (tertiary/aromatic N) is 1. The van der Waals surface area contributed by atoms with E-state index in [4.69, 9.17) is 39.2 Å². The third kappa shape index (κ3) is 3.13. The number of fused-ring (bicyclic) bond motifs is 6. The van der Waals surface area contributed by atoms with Gasteiger partial charge in [0.25, 0.3) is 0 Å². The largest absolute Gasteiger partial charge is 0.354 e. The second kappa shape index (κ2) is 8.01. The number of hydrogen-bond acceptors (Lipinski definition) is 0. The lowest BCUT2D eigenvalue weighted by molar-refractivity contribution is 1.18. The number of para-hydroxylation sites is 2. The highest BCUT2D eigenvalue weighted by Crippen LogP contribution is 2.37. The Morgan fingerprint density at radius 3 is 1.84 bits per heavy atom. The van der Waals surface area contributed by atoms with Gasteiger partial charge in [0.2, 0.25) is 0 Å². The molecule has 2 heterocycles. The quantitative estimate of drug-likeness (QED) is 0.384. The Labute approximate surface area is 221 Å². The Morgan fingerprint density at radius 2 is 1.11 bits per heavy atom. The number of rotatable bonds is 2. The number of hydrogen-bond donors (Lipinski definition) is 1. The standard InChI is InChI=1S/C30H15B5N2/c31-26-25(27(32)29(34)30(35)28(26)33)15-9-11-16(12-10-15)37-23-8-4-2-6-18(23)20-13-19-17-5-1-3-7-21(17)36-22(19)14-24(20)37/h1-14,36H. The minimum Gasteiger partial charge on any atom is -0.354 e. The molecule has 7 aromatic rings. The fourth-order valence-electron chi connectivity index (χ4n) is 5.53. The molecule has 2 aromatic heterocycles. The van der Waals surface area contributed by atoms with Gasteiger partial charge in [-0.25, -0.2) is 0 Å². The summed E-state index contributed by atoms with van der Waals surface area (Å²) in [5, 5.41) is 4.83. The van der Waals surface area contributed by atoms with Crippen LogP contribution in [0.15, 0.2) is 84.9 Å². The molecular weight excluding hydrogens is 442 g/mol. The van der Waals surface area contributed by atoms with Gasteiger partial charge in [-0.3, -0.25) is 0 Å². The highest BCUT2D eigenvalue weighted by Gasteiger charge is 2.16. The van der Waals surface area contributed by atoms with Crippen LogP contribution in [0.3, 0.4) is 0 Å². The van der Waals surface area contributed by atoms with Crippen molar-refractivity contribution in [1.29, 1.82) is 0 Å². The van der Waals surface area contributed by atoms with Crippen LogP contribution >= 0.6 is 0 Å². The van der Waals surface area contributed by atoms with Gasteiger partial charge >= 0.3 is 0 Å². The van der Waals surface area contributed by atoms with Gasteiger partial charge in [0.05, 0.1) is 11.0 Å². The lowest BCUT2D eigenvalue weighted by Gasteiger charge is -2.21. The molecule has 0 amide bonds. The molecule has 7 heteroatoms. The molecule has 0 aliphatic heterocycles. The molecule has 1 N–H and O–H groups in total. The average molecular weight is 458 g/mol. The van der Waals surface area contributed by atoms with Crippen molar-refractivity contribution in [2.45, 2.75) is 0 Å². The first-order chi connectivity index (χ1) is 17.9. The van der Waals surface area contributed by atoms with Crippen LogP contribution in [-0.4, -0.2) is 48.8 Å². The Hall–Kier alpha value is -3.98. The molecule has 2 nitrogen and oxygen atoms in total. The number of aromatic amines is 1. The van der Waals surface area contributed by atoms with Gasteiger partial charge in [0.15, 0.2) is 0 Å². The monoisotopic (exact) mass is 458 g/mol. The van der Waals surface area contributed by atoms with Crippen LogP contribution in [-0.2, 0) is 0 Å². The Balaban J connectivity index is 1.47. The van der Waals surface area contributed by atoms with E-state index in [-0.39, 0.29) is 16.4 Å². The predicted octanol–water partition coefficient (Wildman–Crippen LogP) is 2.05. The van der Waals surface area contributed by atoms with Crippen LogP contribution < -0.4 is 27.3 Å². The van der Waals surface area contributed by atoms with Crippen molar-refractivity contribution in [3.8, 4) is 16.8 Å². The normalized spacial score (nSPS) is 11.8. The van der Waals surface area contributed by atoms with Gasteiger partial charge in [0, 0.05) is 38.3 Å². The molecule has 160 valence electrons. The lowest BCUT2D eigenvalue weighted by Crippen LogP contribution is -2.55. The second-order valence-electron chi connectivity index (χ2n) is 9.43. The van der Waals surface area contributed by atoms with Crippen molar-refractivity contribution < 1.29 is 0 Å². The summed E-state index contributed by atoms with van der Waals surface area (Å²) in [6.45, 7) is 0. The lowest BCUT2D eigenvalue weighted by atomic mass is 9.60. The summed E-state index contributed by atoms with van der Waals surface area (Å²) in [7, 11) is 30.8. The molecule has 0 fully saturated rings. The minimum absolute atomic E-state index is 0.212. The van der Waals surface area contributed by atoms with Gasteiger partial charge in [-0.05, 0) is 47.5 Å². The molecule has 37 heavy (non-hydrogen) atoms. The third-order valence-electron chi connectivity index (χ3n) is 7.41. The summed E-state index contributed by atoms with van der Waals surface area (Å²) < 4.78 is 2.28. The van der Waals surface area contributed by atoms with Crippen molar-refractivity contribution in [3.05, 3.63) is 84.9 Å². The molecule has 10 radical (unpaired) electrons. The van der Waals surface area contributed by atoms with Crippen molar-refractivity contribution >= 4 is 110 Å². The summed E-state index contributed by atoms with van der Waals surface area (Å²) in [5.74, 6) is 0. The molecule has 0 aliphatic carbocycles. The average Bonchev–Trinajstić information content (AvgIpc) is 3.45. The fourth-order valence-corrected chi connectivity index (χ4v) is 5.53.